The first-order valence-electron chi connectivity index (χ1n) is 9.36. The van der Waals surface area contributed by atoms with Gasteiger partial charge in [-0.05, 0) is 18.9 Å². The second-order valence-corrected chi connectivity index (χ2v) is 7.40. The monoisotopic (exact) mass is 412 g/mol. The summed E-state index contributed by atoms with van der Waals surface area (Å²) in [5.41, 5.74) is -1.43. The number of hydrogen-bond acceptors (Lipinski definition) is 8. The molecule has 0 aliphatic heterocycles. The fourth-order valence-electron chi connectivity index (χ4n) is 4.48. The highest BCUT2D eigenvalue weighted by Gasteiger charge is 2.46. The van der Waals surface area contributed by atoms with Crippen LogP contribution in [0.5, 0.6) is 17.2 Å². The van der Waals surface area contributed by atoms with Crippen molar-refractivity contribution in [2.75, 3.05) is 20.8 Å². The van der Waals surface area contributed by atoms with E-state index in [1.54, 1.807) is 6.07 Å². The average Bonchev–Trinajstić information content (AvgIpc) is 2.78. The van der Waals surface area contributed by atoms with Crippen molar-refractivity contribution in [3.63, 3.8) is 0 Å². The number of rotatable bonds is 4. The fraction of sp³-hybridized carbons (Fsp3) is 0.318. The zero-order valence-electron chi connectivity index (χ0n) is 16.4. The van der Waals surface area contributed by atoms with Gasteiger partial charge in [0, 0.05) is 30.2 Å². The Morgan fingerprint density at radius 3 is 2.33 bits per heavy atom. The van der Waals surface area contributed by atoms with E-state index in [2.05, 4.69) is 0 Å². The third kappa shape index (κ3) is 2.50. The van der Waals surface area contributed by atoms with E-state index in [-0.39, 0.29) is 58.4 Å². The molecule has 0 bridgehead atoms. The quantitative estimate of drug-likeness (QED) is 0.547. The van der Waals surface area contributed by atoms with E-state index in [0.29, 0.717) is 0 Å². The third-order valence-corrected chi connectivity index (χ3v) is 6.12. The van der Waals surface area contributed by atoms with Gasteiger partial charge < -0.3 is 24.8 Å². The number of methoxy groups -OCH3 is 2. The summed E-state index contributed by atoms with van der Waals surface area (Å²) in [6.45, 7) is -0.745. The van der Waals surface area contributed by atoms with Gasteiger partial charge in [-0.25, -0.2) is 0 Å². The lowest BCUT2D eigenvalue weighted by Crippen LogP contribution is -2.47. The number of aliphatic hydroxyl groups is 1. The molecule has 0 saturated carbocycles. The Balaban J connectivity index is 1.96. The lowest BCUT2D eigenvalue weighted by molar-refractivity contribution is -0.145. The van der Waals surface area contributed by atoms with E-state index >= 15 is 0 Å². The highest BCUT2D eigenvalue weighted by atomic mass is 16.5. The van der Waals surface area contributed by atoms with Gasteiger partial charge in [-0.3, -0.25) is 14.4 Å². The first kappa shape index (κ1) is 20.1. The number of hydrogen-bond donors (Lipinski definition) is 3. The van der Waals surface area contributed by atoms with Crippen molar-refractivity contribution in [2.45, 2.75) is 24.9 Å². The molecule has 2 aliphatic rings. The molecule has 0 aromatic heterocycles. The van der Waals surface area contributed by atoms with Crippen molar-refractivity contribution >= 4 is 17.3 Å². The second kappa shape index (κ2) is 6.93. The number of aromatic hydroxyl groups is 2. The molecule has 0 heterocycles. The number of fused-ring (bicyclic) bond motifs is 3. The third-order valence-electron chi connectivity index (χ3n) is 6.12. The van der Waals surface area contributed by atoms with Crippen LogP contribution in [-0.2, 0) is 22.4 Å². The predicted molar refractivity (Wildman–Crippen MR) is 103 cm³/mol. The molecular formula is C22H20O8. The Morgan fingerprint density at radius 2 is 1.70 bits per heavy atom. The molecule has 0 fully saturated rings. The molecule has 4 rings (SSSR count). The maximum absolute atomic E-state index is 13.2. The van der Waals surface area contributed by atoms with Crippen LogP contribution in [0.3, 0.4) is 0 Å². The lowest BCUT2D eigenvalue weighted by atomic mass is 9.73. The van der Waals surface area contributed by atoms with Gasteiger partial charge in [0.1, 0.15) is 29.5 Å². The maximum atomic E-state index is 13.2. The maximum Gasteiger partial charge on any atom is 0.202 e. The van der Waals surface area contributed by atoms with Crippen LogP contribution in [0.2, 0.25) is 0 Å². The number of ether oxygens (including phenoxy) is 2. The Bertz CT molecular complexity index is 1120. The zero-order chi connectivity index (χ0) is 21.8. The summed E-state index contributed by atoms with van der Waals surface area (Å²) in [5, 5.41) is 31.2. The predicted octanol–water partition coefficient (Wildman–Crippen LogP) is 1.32. The minimum Gasteiger partial charge on any atom is -0.507 e. The molecule has 0 saturated heterocycles. The Hall–Kier alpha value is -3.23. The first-order chi connectivity index (χ1) is 14.3. The Labute approximate surface area is 171 Å². The molecule has 30 heavy (non-hydrogen) atoms. The highest BCUT2D eigenvalue weighted by Crippen LogP contribution is 2.48. The van der Waals surface area contributed by atoms with Crippen LogP contribution in [0, 0.1) is 0 Å². The van der Waals surface area contributed by atoms with E-state index in [4.69, 9.17) is 9.47 Å². The number of phenols is 2. The molecule has 1 atom stereocenters. The molecular weight excluding hydrogens is 392 g/mol. The molecule has 8 nitrogen and oxygen atoms in total. The summed E-state index contributed by atoms with van der Waals surface area (Å²) >= 11 is 0. The number of ketones is 3. The minimum atomic E-state index is -1.39. The van der Waals surface area contributed by atoms with Crippen LogP contribution in [0.25, 0.3) is 0 Å². The van der Waals surface area contributed by atoms with Crippen LogP contribution < -0.4 is 4.74 Å². The van der Waals surface area contributed by atoms with E-state index in [1.165, 1.54) is 26.4 Å². The van der Waals surface area contributed by atoms with E-state index in [9.17, 15) is 29.7 Å². The lowest BCUT2D eigenvalue weighted by Gasteiger charge is -2.37. The Morgan fingerprint density at radius 1 is 1.03 bits per heavy atom. The SMILES string of the molecule is COc1cccc2c1C(=O)c1c(O)c3c(c(O)c1C2=O)C[C@@](OC)(C(=O)CO)CC3. The van der Waals surface area contributed by atoms with Crippen molar-refractivity contribution in [3.8, 4) is 17.2 Å². The smallest absolute Gasteiger partial charge is 0.202 e. The summed E-state index contributed by atoms with van der Waals surface area (Å²) in [6.07, 6.45) is 0.114. The molecule has 2 aromatic rings. The van der Waals surface area contributed by atoms with Gasteiger partial charge in [-0.1, -0.05) is 12.1 Å². The first-order valence-corrected chi connectivity index (χ1v) is 9.36. The van der Waals surface area contributed by atoms with Gasteiger partial charge in [-0.15, -0.1) is 0 Å². The van der Waals surface area contributed by atoms with E-state index in [0.717, 1.165) is 0 Å². The van der Waals surface area contributed by atoms with E-state index in [1.807, 2.05) is 0 Å². The van der Waals surface area contributed by atoms with Crippen molar-refractivity contribution < 1.29 is 39.2 Å². The standard InChI is InChI=1S/C22H20O8/c1-29-13-5-3-4-11-15(13)21(28)17-16(19(11)26)20(27)12-8-22(30-2,14(24)9-23)7-6-10(12)18(17)25/h3-5,23,25,27H,6-9H2,1-2H3/t22-/m1/s1. The van der Waals surface area contributed by atoms with Crippen molar-refractivity contribution in [1.82, 2.24) is 0 Å². The van der Waals surface area contributed by atoms with Crippen LogP contribution >= 0.6 is 0 Å². The van der Waals surface area contributed by atoms with Gasteiger partial charge in [0.2, 0.25) is 5.78 Å². The molecule has 156 valence electrons. The number of Topliss-reactive ketones (excluding diaryl/α,β-unsaturated/α-hetero) is 1. The van der Waals surface area contributed by atoms with Gasteiger partial charge in [0.15, 0.2) is 11.6 Å². The number of aliphatic hydroxyl groups excluding tert-OH is 1. The molecule has 0 amide bonds. The van der Waals surface area contributed by atoms with E-state index < -0.39 is 41.1 Å². The van der Waals surface area contributed by atoms with Crippen LogP contribution in [0.1, 0.15) is 49.4 Å². The largest absolute Gasteiger partial charge is 0.507 e. The van der Waals surface area contributed by atoms with Gasteiger partial charge in [0.25, 0.3) is 0 Å². The number of carbonyl (C=O) groups is 3. The fourth-order valence-corrected chi connectivity index (χ4v) is 4.48. The van der Waals surface area contributed by atoms with Crippen molar-refractivity contribution in [1.29, 1.82) is 0 Å². The Kier molecular flexibility index (Phi) is 4.63. The molecule has 0 radical (unpaired) electrons. The topological polar surface area (TPSA) is 130 Å². The van der Waals surface area contributed by atoms with Crippen LogP contribution in [0.15, 0.2) is 18.2 Å². The summed E-state index contributed by atoms with van der Waals surface area (Å²) in [5.74, 6) is -2.48. The normalized spacial score (nSPS) is 19.7. The number of carbonyl (C=O) groups excluding carboxylic acids is 3. The van der Waals surface area contributed by atoms with Crippen molar-refractivity contribution in [3.05, 3.63) is 51.6 Å². The van der Waals surface area contributed by atoms with Crippen LogP contribution in [0.4, 0.5) is 0 Å². The second-order valence-electron chi connectivity index (χ2n) is 7.40. The highest BCUT2D eigenvalue weighted by molar-refractivity contribution is 6.31. The van der Waals surface area contributed by atoms with Gasteiger partial charge in [0.05, 0.1) is 23.8 Å². The molecule has 0 spiro atoms. The molecule has 0 unspecified atom stereocenters. The minimum absolute atomic E-state index is 0.0321. The van der Waals surface area contributed by atoms with Gasteiger partial charge in [-0.2, -0.15) is 0 Å². The molecule has 8 heteroatoms. The molecule has 3 N–H and O–H groups in total. The average molecular weight is 412 g/mol. The summed E-state index contributed by atoms with van der Waals surface area (Å²) < 4.78 is 10.6. The summed E-state index contributed by atoms with van der Waals surface area (Å²) in [7, 11) is 2.70. The van der Waals surface area contributed by atoms with Crippen molar-refractivity contribution in [2.24, 2.45) is 0 Å². The number of phenolic OH excluding ortho intramolecular Hbond substituents is 2. The molecule has 2 aliphatic carbocycles. The van der Waals surface area contributed by atoms with Crippen LogP contribution in [-0.4, -0.2) is 59.1 Å². The summed E-state index contributed by atoms with van der Waals surface area (Å²) in [6, 6.07) is 4.54. The van der Waals surface area contributed by atoms with Gasteiger partial charge >= 0.3 is 0 Å². The number of benzene rings is 2. The molecule has 2 aromatic carbocycles. The summed E-state index contributed by atoms with van der Waals surface area (Å²) in [4.78, 5) is 38.7. The zero-order valence-corrected chi connectivity index (χ0v) is 16.4.